The van der Waals surface area contributed by atoms with E-state index in [1.54, 1.807) is 21.3 Å². The Morgan fingerprint density at radius 1 is 1.17 bits per heavy atom. The Kier molecular flexibility index (Phi) is 5.68. The first-order chi connectivity index (χ1) is 11.0. The second-order valence-electron chi connectivity index (χ2n) is 4.65. The van der Waals surface area contributed by atoms with E-state index in [1.807, 2.05) is 31.2 Å². The quantitative estimate of drug-likeness (QED) is 0.650. The van der Waals surface area contributed by atoms with Gasteiger partial charge in [0.05, 0.1) is 26.2 Å². The van der Waals surface area contributed by atoms with Gasteiger partial charge in [0, 0.05) is 0 Å². The normalized spacial score (nSPS) is 16.5. The van der Waals surface area contributed by atoms with Gasteiger partial charge in [-0.15, -0.1) is 0 Å². The molecule has 0 atom stereocenters. The number of ether oxygens (including phenoxy) is 3. The Hall–Kier alpha value is -1.99. The van der Waals surface area contributed by atoms with Crippen molar-refractivity contribution in [3.63, 3.8) is 0 Å². The number of amides is 1. The van der Waals surface area contributed by atoms with E-state index in [0.29, 0.717) is 26.5 Å². The highest BCUT2D eigenvalue weighted by Crippen LogP contribution is 2.38. The van der Waals surface area contributed by atoms with Crippen LogP contribution in [0, 0.1) is 0 Å². The lowest BCUT2D eigenvalue weighted by Crippen LogP contribution is -2.18. The van der Waals surface area contributed by atoms with Crippen molar-refractivity contribution in [2.24, 2.45) is 0 Å². The topological polar surface area (TPSA) is 56.8 Å². The van der Waals surface area contributed by atoms with Crippen molar-refractivity contribution in [2.75, 3.05) is 21.3 Å². The summed E-state index contributed by atoms with van der Waals surface area (Å²) in [5, 5.41) is 2.60. The van der Waals surface area contributed by atoms with Crippen LogP contribution in [0.2, 0.25) is 0 Å². The molecule has 0 aromatic heterocycles. The third kappa shape index (κ3) is 3.86. The van der Waals surface area contributed by atoms with Crippen molar-refractivity contribution in [1.29, 1.82) is 0 Å². The van der Waals surface area contributed by atoms with E-state index < -0.39 is 0 Å². The van der Waals surface area contributed by atoms with Gasteiger partial charge in [0.1, 0.15) is 4.32 Å². The largest absolute Gasteiger partial charge is 0.493 e. The molecule has 1 aliphatic rings. The zero-order valence-corrected chi connectivity index (χ0v) is 14.9. The maximum atomic E-state index is 11.8. The number of nitrogens with one attached hydrogen (secondary N) is 1. The molecule has 7 heteroatoms. The molecule has 23 heavy (non-hydrogen) atoms. The van der Waals surface area contributed by atoms with Crippen molar-refractivity contribution in [1.82, 2.24) is 5.32 Å². The van der Waals surface area contributed by atoms with Crippen LogP contribution in [0.15, 0.2) is 28.7 Å². The molecule has 0 saturated carbocycles. The van der Waals surface area contributed by atoms with Gasteiger partial charge in [-0.3, -0.25) is 4.79 Å². The average Bonchev–Trinajstić information content (AvgIpc) is 2.89. The molecule has 1 amide bonds. The Morgan fingerprint density at radius 3 is 2.22 bits per heavy atom. The zero-order chi connectivity index (χ0) is 17.0. The number of benzene rings is 1. The molecule has 5 nitrogen and oxygen atoms in total. The molecule has 2 rings (SSSR count). The molecule has 0 aliphatic carbocycles. The Balaban J connectivity index is 2.34. The summed E-state index contributed by atoms with van der Waals surface area (Å²) in [5.41, 5.74) is 1.70. The average molecular weight is 351 g/mol. The van der Waals surface area contributed by atoms with Crippen LogP contribution in [0.4, 0.5) is 0 Å². The molecule has 0 spiro atoms. The number of thioether (sulfide) groups is 1. The minimum Gasteiger partial charge on any atom is -0.493 e. The summed E-state index contributed by atoms with van der Waals surface area (Å²) >= 11 is 6.26. The van der Waals surface area contributed by atoms with Gasteiger partial charge in [-0.25, -0.2) is 0 Å². The van der Waals surface area contributed by atoms with E-state index in [9.17, 15) is 4.79 Å². The summed E-state index contributed by atoms with van der Waals surface area (Å²) in [5.74, 6) is 1.53. The number of methoxy groups -OCH3 is 3. The predicted octanol–water partition coefficient (Wildman–Crippen LogP) is 3.15. The summed E-state index contributed by atoms with van der Waals surface area (Å²) in [6.45, 7) is 1.87. The summed E-state index contributed by atoms with van der Waals surface area (Å²) in [6, 6.07) is 3.67. The van der Waals surface area contributed by atoms with Crippen LogP contribution in [0.3, 0.4) is 0 Å². The number of rotatable bonds is 5. The van der Waals surface area contributed by atoms with Crippen LogP contribution in [-0.4, -0.2) is 31.6 Å². The highest BCUT2D eigenvalue weighted by atomic mass is 32.2. The van der Waals surface area contributed by atoms with Crippen molar-refractivity contribution in [3.8, 4) is 17.2 Å². The molecule has 1 heterocycles. The lowest BCUT2D eigenvalue weighted by atomic mass is 10.1. The Labute approximate surface area is 144 Å². The lowest BCUT2D eigenvalue weighted by Gasteiger charge is -2.12. The molecule has 122 valence electrons. The van der Waals surface area contributed by atoms with Crippen LogP contribution in [0.1, 0.15) is 12.5 Å². The van der Waals surface area contributed by atoms with Gasteiger partial charge in [-0.1, -0.05) is 36.1 Å². The molecule has 1 aromatic carbocycles. The minimum absolute atomic E-state index is 0.160. The molecule has 0 radical (unpaired) electrons. The highest BCUT2D eigenvalue weighted by molar-refractivity contribution is 8.26. The number of allylic oxidation sites excluding steroid dienone is 2. The number of thiocarbonyl (C=S) groups is 1. The van der Waals surface area contributed by atoms with Gasteiger partial charge in [-0.2, -0.15) is 0 Å². The number of hydrogen-bond acceptors (Lipinski definition) is 6. The van der Waals surface area contributed by atoms with Crippen molar-refractivity contribution in [3.05, 3.63) is 34.3 Å². The first-order valence-electron chi connectivity index (χ1n) is 6.72. The van der Waals surface area contributed by atoms with Gasteiger partial charge in [-0.05, 0) is 30.2 Å². The van der Waals surface area contributed by atoms with Crippen molar-refractivity contribution in [2.45, 2.75) is 6.92 Å². The Bertz CT molecular complexity index is 685. The molecule has 1 aliphatic heterocycles. The summed E-state index contributed by atoms with van der Waals surface area (Å²) in [4.78, 5) is 12.4. The van der Waals surface area contributed by atoms with Gasteiger partial charge in [0.2, 0.25) is 5.75 Å². The monoisotopic (exact) mass is 351 g/mol. The molecule has 1 fully saturated rings. The molecule has 0 unspecified atom stereocenters. The predicted molar refractivity (Wildman–Crippen MR) is 96.2 cm³/mol. The zero-order valence-electron chi connectivity index (χ0n) is 13.3. The van der Waals surface area contributed by atoms with Crippen molar-refractivity contribution >= 4 is 40.3 Å². The fraction of sp³-hybridized carbons (Fsp3) is 0.250. The van der Waals surface area contributed by atoms with Gasteiger partial charge >= 0.3 is 0 Å². The van der Waals surface area contributed by atoms with Crippen LogP contribution in [0.5, 0.6) is 17.2 Å². The smallest absolute Gasteiger partial charge is 0.263 e. The molecular weight excluding hydrogens is 334 g/mol. The summed E-state index contributed by atoms with van der Waals surface area (Å²) < 4.78 is 16.4. The van der Waals surface area contributed by atoms with E-state index in [4.69, 9.17) is 26.4 Å². The SMILES string of the molecule is COc1cc(/C=C/C(C)=C2SC(=S)NC2=O)cc(OC)c1OC. The highest BCUT2D eigenvalue weighted by Gasteiger charge is 2.23. The fourth-order valence-electron chi connectivity index (χ4n) is 2.07. The minimum atomic E-state index is -0.160. The number of carbonyl (C=O) groups excluding carboxylic acids is 1. The summed E-state index contributed by atoms with van der Waals surface area (Å²) in [6.07, 6.45) is 3.73. The second kappa shape index (κ2) is 7.52. The van der Waals surface area contributed by atoms with Crippen LogP contribution >= 0.6 is 24.0 Å². The first kappa shape index (κ1) is 17.4. The molecule has 1 aromatic rings. The lowest BCUT2D eigenvalue weighted by molar-refractivity contribution is -0.115. The van der Waals surface area contributed by atoms with Crippen LogP contribution in [0.25, 0.3) is 6.08 Å². The van der Waals surface area contributed by atoms with E-state index in [0.717, 1.165) is 11.1 Å². The third-order valence-electron chi connectivity index (χ3n) is 3.19. The molecule has 1 saturated heterocycles. The maximum Gasteiger partial charge on any atom is 0.263 e. The van der Waals surface area contributed by atoms with E-state index >= 15 is 0 Å². The van der Waals surface area contributed by atoms with Gasteiger partial charge in [0.25, 0.3) is 5.91 Å². The van der Waals surface area contributed by atoms with Crippen LogP contribution in [-0.2, 0) is 4.79 Å². The van der Waals surface area contributed by atoms with Crippen LogP contribution < -0.4 is 19.5 Å². The van der Waals surface area contributed by atoms with Crippen molar-refractivity contribution < 1.29 is 19.0 Å². The Morgan fingerprint density at radius 2 is 1.78 bits per heavy atom. The first-order valence-corrected chi connectivity index (χ1v) is 7.94. The van der Waals surface area contributed by atoms with E-state index in [1.165, 1.54) is 11.8 Å². The molecular formula is C16H17NO4S2. The van der Waals surface area contributed by atoms with Gasteiger partial charge < -0.3 is 19.5 Å². The fourth-order valence-corrected chi connectivity index (χ4v) is 3.11. The molecule has 1 N–H and O–H groups in total. The third-order valence-corrected chi connectivity index (χ3v) is 4.54. The maximum absolute atomic E-state index is 11.8. The second-order valence-corrected chi connectivity index (χ2v) is 6.34. The van der Waals surface area contributed by atoms with E-state index in [-0.39, 0.29) is 5.91 Å². The molecule has 0 bridgehead atoms. The standard InChI is InChI=1S/C16H17NO4S2/c1-9(14-15(18)17-16(22)23-14)5-6-10-7-11(19-2)13(21-4)12(8-10)20-3/h5-8H,1-4H3,(H,17,18,22)/b6-5+,14-9?. The van der Waals surface area contributed by atoms with Gasteiger partial charge in [0.15, 0.2) is 11.5 Å². The summed E-state index contributed by atoms with van der Waals surface area (Å²) in [7, 11) is 4.69. The number of hydrogen-bond donors (Lipinski definition) is 1. The van der Waals surface area contributed by atoms with E-state index in [2.05, 4.69) is 5.32 Å². The number of carbonyl (C=O) groups is 1.